The monoisotopic (exact) mass is 386 g/mol. The largest absolute Gasteiger partial charge is 0.458 e. The van der Waals surface area contributed by atoms with E-state index in [2.05, 4.69) is 15.6 Å². The third-order valence-electron chi connectivity index (χ3n) is 3.44. The van der Waals surface area contributed by atoms with Crippen molar-refractivity contribution in [3.05, 3.63) is 23.3 Å². The van der Waals surface area contributed by atoms with Crippen molar-refractivity contribution in [3.8, 4) is 11.5 Å². The summed E-state index contributed by atoms with van der Waals surface area (Å²) in [6, 6.07) is 3.56. The number of halogens is 1. The molecule has 0 fully saturated rings. The first-order valence-corrected chi connectivity index (χ1v) is 8.59. The summed E-state index contributed by atoms with van der Waals surface area (Å²) in [5, 5.41) is 7.68. The van der Waals surface area contributed by atoms with E-state index in [9.17, 15) is 9.59 Å². The second-order valence-electron chi connectivity index (χ2n) is 5.84. The van der Waals surface area contributed by atoms with Crippen molar-refractivity contribution < 1.29 is 14.0 Å². The van der Waals surface area contributed by atoms with E-state index < -0.39 is 5.54 Å². The molecule has 0 aliphatic carbocycles. The number of anilines is 1. The highest BCUT2D eigenvalue weighted by Gasteiger charge is 2.28. The molecule has 0 aliphatic heterocycles. The number of nitrogens with one attached hydrogen (secondary N) is 2. The maximum Gasteiger partial charge on any atom is 0.245 e. The number of hydrogen-bond acceptors (Lipinski definition) is 6. The highest BCUT2D eigenvalue weighted by atomic mass is 35.5. The predicted octanol–water partition coefficient (Wildman–Crippen LogP) is 2.92. The molecule has 0 aliphatic rings. The fourth-order valence-corrected chi connectivity index (χ4v) is 2.83. The summed E-state index contributed by atoms with van der Waals surface area (Å²) >= 11 is 1.31. The smallest absolute Gasteiger partial charge is 0.245 e. The first kappa shape index (κ1) is 21.1. The second-order valence-corrected chi connectivity index (χ2v) is 6.69. The molecule has 9 heteroatoms. The topological polar surface area (TPSA) is 110 Å². The van der Waals surface area contributed by atoms with Gasteiger partial charge in [0.25, 0.3) is 0 Å². The summed E-state index contributed by atoms with van der Waals surface area (Å²) in [6.45, 7) is 5.46. The van der Waals surface area contributed by atoms with Crippen LogP contribution in [-0.2, 0) is 16.1 Å². The molecule has 0 radical (unpaired) electrons. The molecule has 2 aromatic heterocycles. The Morgan fingerprint density at radius 3 is 2.76 bits per heavy atom. The third-order valence-corrected chi connectivity index (χ3v) is 4.20. The molecule has 0 saturated heterocycles. The maximum absolute atomic E-state index is 12.2. The number of aromatic nitrogens is 1. The van der Waals surface area contributed by atoms with E-state index in [0.29, 0.717) is 35.3 Å². The molecule has 1 unspecified atom stereocenters. The van der Waals surface area contributed by atoms with Crippen molar-refractivity contribution in [1.82, 2.24) is 10.3 Å². The summed E-state index contributed by atoms with van der Waals surface area (Å²) < 4.78 is 5.64. The van der Waals surface area contributed by atoms with E-state index >= 15 is 0 Å². The molecule has 2 aromatic rings. The van der Waals surface area contributed by atoms with Crippen LogP contribution in [0.5, 0.6) is 0 Å². The number of furan rings is 1. The first-order valence-electron chi connectivity index (χ1n) is 7.71. The number of nitrogens with zero attached hydrogens (tertiary/aromatic N) is 1. The Kier molecular flexibility index (Phi) is 7.60. The van der Waals surface area contributed by atoms with Gasteiger partial charge in [-0.25, -0.2) is 4.98 Å². The summed E-state index contributed by atoms with van der Waals surface area (Å²) in [7, 11) is 0. The highest BCUT2D eigenvalue weighted by Crippen LogP contribution is 2.27. The Morgan fingerprint density at radius 1 is 1.40 bits per heavy atom. The van der Waals surface area contributed by atoms with Gasteiger partial charge in [0, 0.05) is 12.3 Å². The Labute approximate surface area is 156 Å². The Morgan fingerprint density at radius 2 is 2.12 bits per heavy atom. The first-order chi connectivity index (χ1) is 11.3. The van der Waals surface area contributed by atoms with Crippen LogP contribution in [0.3, 0.4) is 0 Å². The van der Waals surface area contributed by atoms with Gasteiger partial charge < -0.3 is 20.8 Å². The van der Waals surface area contributed by atoms with Crippen LogP contribution in [0, 0.1) is 0 Å². The molecule has 138 valence electrons. The number of rotatable bonds is 7. The van der Waals surface area contributed by atoms with Crippen molar-refractivity contribution in [3.63, 3.8) is 0 Å². The average Bonchev–Trinajstić information content (AvgIpc) is 3.13. The van der Waals surface area contributed by atoms with Gasteiger partial charge in [-0.05, 0) is 25.5 Å². The molecule has 0 saturated carbocycles. The molecule has 25 heavy (non-hydrogen) atoms. The molecular formula is C16H23ClN4O3S. The molecule has 2 rings (SSSR count). The van der Waals surface area contributed by atoms with E-state index in [4.69, 9.17) is 10.2 Å². The van der Waals surface area contributed by atoms with Gasteiger partial charge in [0.15, 0.2) is 10.9 Å². The quantitative estimate of drug-likeness (QED) is 0.677. The van der Waals surface area contributed by atoms with Crippen LogP contribution < -0.4 is 16.4 Å². The number of thiazole rings is 1. The molecule has 7 nitrogen and oxygen atoms in total. The standard InChI is InChI=1S/C16H22N4O3S.ClH/c1-4-7-16(3,17)14(22)20-15-19-12(9-24-15)13-6-5-11(23-13)8-18-10(2)21;/h5-6,9H,4,7-8,17H2,1-3H3,(H,18,21)(H,19,20,22);1H. The van der Waals surface area contributed by atoms with Crippen molar-refractivity contribution in [2.24, 2.45) is 5.73 Å². The Bertz CT molecular complexity index is 727. The van der Waals surface area contributed by atoms with Crippen LogP contribution in [-0.4, -0.2) is 22.3 Å². The molecule has 1 atom stereocenters. The van der Waals surface area contributed by atoms with Crippen LogP contribution in [0.1, 0.15) is 39.4 Å². The third kappa shape index (κ3) is 5.84. The molecule has 0 bridgehead atoms. The SMILES string of the molecule is CCCC(C)(N)C(=O)Nc1nc(-c2ccc(CNC(C)=O)o2)cs1.Cl. The van der Waals surface area contributed by atoms with Gasteiger partial charge in [0.05, 0.1) is 12.1 Å². The fourth-order valence-electron chi connectivity index (χ4n) is 2.14. The Balaban J connectivity index is 0.00000312. The van der Waals surface area contributed by atoms with Crippen molar-refractivity contribution in [2.75, 3.05) is 5.32 Å². The van der Waals surface area contributed by atoms with Crippen LogP contribution in [0.25, 0.3) is 11.5 Å². The van der Waals surface area contributed by atoms with Gasteiger partial charge in [-0.1, -0.05) is 13.3 Å². The van der Waals surface area contributed by atoms with Crippen molar-refractivity contribution in [2.45, 2.75) is 45.7 Å². The molecule has 0 spiro atoms. The number of hydrogen-bond donors (Lipinski definition) is 3. The second kappa shape index (κ2) is 8.98. The van der Waals surface area contributed by atoms with Crippen LogP contribution in [0.4, 0.5) is 5.13 Å². The fraction of sp³-hybridized carbons (Fsp3) is 0.438. The summed E-state index contributed by atoms with van der Waals surface area (Å²) in [5.74, 6) is 0.840. The normalized spacial score (nSPS) is 12.8. The van der Waals surface area contributed by atoms with Gasteiger partial charge in [-0.3, -0.25) is 9.59 Å². The molecule has 4 N–H and O–H groups in total. The minimum absolute atomic E-state index is 0. The molecular weight excluding hydrogens is 364 g/mol. The molecule has 2 heterocycles. The van der Waals surface area contributed by atoms with Crippen LogP contribution in [0.15, 0.2) is 21.9 Å². The lowest BCUT2D eigenvalue weighted by Crippen LogP contribution is -2.48. The molecule has 2 amide bonds. The van der Waals surface area contributed by atoms with E-state index in [-0.39, 0.29) is 24.2 Å². The number of nitrogens with two attached hydrogens (primary N) is 1. The van der Waals surface area contributed by atoms with E-state index in [1.807, 2.05) is 6.92 Å². The summed E-state index contributed by atoms with van der Waals surface area (Å²) in [4.78, 5) is 27.5. The zero-order valence-corrected chi connectivity index (χ0v) is 16.1. The van der Waals surface area contributed by atoms with E-state index in [0.717, 1.165) is 6.42 Å². The number of carbonyl (C=O) groups is 2. The average molecular weight is 387 g/mol. The van der Waals surface area contributed by atoms with Crippen molar-refractivity contribution in [1.29, 1.82) is 0 Å². The van der Waals surface area contributed by atoms with E-state index in [1.54, 1.807) is 24.4 Å². The van der Waals surface area contributed by atoms with Gasteiger partial charge in [-0.2, -0.15) is 0 Å². The van der Waals surface area contributed by atoms with Gasteiger partial charge >= 0.3 is 0 Å². The van der Waals surface area contributed by atoms with Crippen LogP contribution in [0.2, 0.25) is 0 Å². The zero-order valence-electron chi connectivity index (χ0n) is 14.4. The summed E-state index contributed by atoms with van der Waals surface area (Å²) in [5.41, 5.74) is 5.71. The van der Waals surface area contributed by atoms with E-state index in [1.165, 1.54) is 18.3 Å². The lowest BCUT2D eigenvalue weighted by atomic mass is 9.97. The lowest BCUT2D eigenvalue weighted by Gasteiger charge is -2.21. The number of carbonyl (C=O) groups excluding carboxylic acids is 2. The van der Waals surface area contributed by atoms with Crippen LogP contribution >= 0.6 is 23.7 Å². The highest BCUT2D eigenvalue weighted by molar-refractivity contribution is 7.14. The zero-order chi connectivity index (χ0) is 17.7. The maximum atomic E-state index is 12.2. The minimum atomic E-state index is -0.920. The van der Waals surface area contributed by atoms with Crippen molar-refractivity contribution >= 4 is 40.7 Å². The lowest BCUT2D eigenvalue weighted by molar-refractivity contribution is -0.121. The summed E-state index contributed by atoms with van der Waals surface area (Å²) in [6.07, 6.45) is 1.43. The van der Waals surface area contributed by atoms with Gasteiger partial charge in [0.1, 0.15) is 11.5 Å². The molecule has 0 aromatic carbocycles. The number of amides is 2. The minimum Gasteiger partial charge on any atom is -0.458 e. The van der Waals surface area contributed by atoms with Gasteiger partial charge in [-0.15, -0.1) is 23.7 Å². The predicted molar refractivity (Wildman–Crippen MR) is 101 cm³/mol. The Hall–Kier alpha value is -1.90. The van der Waals surface area contributed by atoms with Gasteiger partial charge in [0.2, 0.25) is 11.8 Å².